The molecule has 0 bridgehead atoms. The van der Waals surface area contributed by atoms with Crippen LogP contribution in [-0.2, 0) is 0 Å². The van der Waals surface area contributed by atoms with E-state index in [2.05, 4.69) is 5.32 Å². The van der Waals surface area contributed by atoms with Crippen molar-refractivity contribution in [1.29, 1.82) is 0 Å². The van der Waals surface area contributed by atoms with Crippen LogP contribution < -0.4 is 14.8 Å². The van der Waals surface area contributed by atoms with Crippen LogP contribution in [0.5, 0.6) is 11.5 Å². The minimum Gasteiger partial charge on any atom is -0.486 e. The van der Waals surface area contributed by atoms with Gasteiger partial charge in [-0.05, 0) is 31.8 Å². The molecule has 3 rings (SSSR count). The van der Waals surface area contributed by atoms with Crippen LogP contribution in [-0.4, -0.2) is 26.3 Å². The number of hydrogen-bond donors (Lipinski definition) is 1. The van der Waals surface area contributed by atoms with Gasteiger partial charge in [-0.1, -0.05) is 11.6 Å². The first-order valence-electron chi connectivity index (χ1n) is 6.25. The van der Waals surface area contributed by atoms with Crippen LogP contribution in [0.2, 0.25) is 5.02 Å². The Bertz CT molecular complexity index is 461. The summed E-state index contributed by atoms with van der Waals surface area (Å²) in [4.78, 5) is 0. The lowest BCUT2D eigenvalue weighted by atomic mass is 9.88. The SMILES string of the molecule is Fc1c(Cl)cc2c(c1C1CCNCC1)OCCO2. The smallest absolute Gasteiger partial charge is 0.167 e. The molecule has 0 aromatic heterocycles. The summed E-state index contributed by atoms with van der Waals surface area (Å²) >= 11 is 5.94. The highest BCUT2D eigenvalue weighted by Crippen LogP contribution is 2.44. The molecule has 0 radical (unpaired) electrons. The van der Waals surface area contributed by atoms with Gasteiger partial charge in [-0.25, -0.2) is 4.39 Å². The summed E-state index contributed by atoms with van der Waals surface area (Å²) in [6, 6.07) is 1.51. The average molecular weight is 272 g/mol. The molecule has 0 aliphatic carbocycles. The predicted molar refractivity (Wildman–Crippen MR) is 67.2 cm³/mol. The molecule has 2 aliphatic heterocycles. The van der Waals surface area contributed by atoms with Crippen molar-refractivity contribution >= 4 is 11.6 Å². The van der Waals surface area contributed by atoms with E-state index in [4.69, 9.17) is 21.1 Å². The fourth-order valence-electron chi connectivity index (χ4n) is 2.63. The van der Waals surface area contributed by atoms with Gasteiger partial charge in [-0.2, -0.15) is 0 Å². The highest BCUT2D eigenvalue weighted by Gasteiger charge is 2.29. The maximum atomic E-state index is 14.3. The second-order valence-electron chi connectivity index (χ2n) is 4.63. The molecule has 1 fully saturated rings. The first kappa shape index (κ1) is 12.1. The third-order valence-electron chi connectivity index (χ3n) is 3.51. The molecular formula is C13H15ClFNO2. The number of halogens is 2. The van der Waals surface area contributed by atoms with Crippen LogP contribution in [0, 0.1) is 5.82 Å². The van der Waals surface area contributed by atoms with E-state index in [-0.39, 0.29) is 16.8 Å². The van der Waals surface area contributed by atoms with Crippen LogP contribution >= 0.6 is 11.6 Å². The normalized spacial score (nSPS) is 19.9. The highest BCUT2D eigenvalue weighted by molar-refractivity contribution is 6.31. The Morgan fingerprint density at radius 1 is 1.22 bits per heavy atom. The topological polar surface area (TPSA) is 30.5 Å². The molecule has 0 amide bonds. The first-order chi connectivity index (χ1) is 8.77. The van der Waals surface area contributed by atoms with E-state index in [1.54, 1.807) is 0 Å². The van der Waals surface area contributed by atoms with Gasteiger partial charge in [0.25, 0.3) is 0 Å². The van der Waals surface area contributed by atoms with Gasteiger partial charge in [-0.3, -0.25) is 0 Å². The minimum atomic E-state index is -0.354. The van der Waals surface area contributed by atoms with Crippen molar-refractivity contribution in [2.24, 2.45) is 0 Å². The Labute approximate surface area is 110 Å². The molecule has 0 unspecified atom stereocenters. The lowest BCUT2D eigenvalue weighted by Gasteiger charge is -2.28. The second-order valence-corrected chi connectivity index (χ2v) is 5.04. The van der Waals surface area contributed by atoms with Crippen molar-refractivity contribution in [3.8, 4) is 11.5 Å². The molecule has 0 spiro atoms. The van der Waals surface area contributed by atoms with Gasteiger partial charge in [0.05, 0.1) is 5.02 Å². The van der Waals surface area contributed by atoms with E-state index in [9.17, 15) is 4.39 Å². The Morgan fingerprint density at radius 2 is 1.94 bits per heavy atom. The minimum absolute atomic E-state index is 0.118. The zero-order valence-electron chi connectivity index (χ0n) is 9.97. The van der Waals surface area contributed by atoms with Crippen molar-refractivity contribution in [2.45, 2.75) is 18.8 Å². The summed E-state index contributed by atoms with van der Waals surface area (Å²) in [6.07, 6.45) is 1.79. The third kappa shape index (κ3) is 2.04. The quantitative estimate of drug-likeness (QED) is 0.852. The fourth-order valence-corrected chi connectivity index (χ4v) is 2.83. The van der Waals surface area contributed by atoms with Crippen molar-refractivity contribution in [2.75, 3.05) is 26.3 Å². The molecule has 1 N–H and O–H groups in total. The third-order valence-corrected chi connectivity index (χ3v) is 3.78. The summed E-state index contributed by atoms with van der Waals surface area (Å²) in [5.74, 6) is 0.921. The number of nitrogens with one attached hydrogen (secondary N) is 1. The number of piperidine rings is 1. The zero-order chi connectivity index (χ0) is 12.5. The summed E-state index contributed by atoms with van der Waals surface area (Å²) in [5, 5.41) is 3.39. The van der Waals surface area contributed by atoms with Crippen molar-refractivity contribution in [1.82, 2.24) is 5.32 Å². The summed E-state index contributed by atoms with van der Waals surface area (Å²) in [6.45, 7) is 2.74. The van der Waals surface area contributed by atoms with Crippen LogP contribution in [0.15, 0.2) is 6.07 Å². The van der Waals surface area contributed by atoms with E-state index < -0.39 is 0 Å². The Kier molecular flexibility index (Phi) is 3.31. The predicted octanol–water partition coefficient (Wildman–Crippen LogP) is 2.72. The molecule has 1 aromatic rings. The molecule has 18 heavy (non-hydrogen) atoms. The number of benzene rings is 1. The van der Waals surface area contributed by atoms with Gasteiger partial charge in [0.2, 0.25) is 0 Å². The average Bonchev–Trinajstić information content (AvgIpc) is 2.41. The molecule has 0 saturated carbocycles. The molecule has 3 nitrogen and oxygen atoms in total. The number of fused-ring (bicyclic) bond motifs is 1. The molecular weight excluding hydrogens is 257 g/mol. The standard InChI is InChI=1S/C13H15ClFNO2/c14-9-7-10-13(18-6-5-17-10)11(12(9)15)8-1-3-16-4-2-8/h7-8,16H,1-6H2. The van der Waals surface area contributed by atoms with E-state index >= 15 is 0 Å². The maximum absolute atomic E-state index is 14.3. The Hall–Kier alpha value is -1.00. The molecule has 1 saturated heterocycles. The fraction of sp³-hybridized carbons (Fsp3) is 0.538. The monoisotopic (exact) mass is 271 g/mol. The largest absolute Gasteiger partial charge is 0.486 e. The number of hydrogen-bond acceptors (Lipinski definition) is 3. The summed E-state index contributed by atoms with van der Waals surface area (Å²) < 4.78 is 25.4. The van der Waals surface area contributed by atoms with Gasteiger partial charge in [0, 0.05) is 11.6 Å². The molecule has 98 valence electrons. The van der Waals surface area contributed by atoms with Gasteiger partial charge in [0.1, 0.15) is 19.0 Å². The molecule has 2 aliphatic rings. The molecule has 1 aromatic carbocycles. The Balaban J connectivity index is 2.07. The Morgan fingerprint density at radius 3 is 2.72 bits per heavy atom. The second kappa shape index (κ2) is 4.94. The lowest BCUT2D eigenvalue weighted by molar-refractivity contribution is 0.167. The van der Waals surface area contributed by atoms with Gasteiger partial charge >= 0.3 is 0 Å². The zero-order valence-corrected chi connectivity index (χ0v) is 10.7. The van der Waals surface area contributed by atoms with E-state index in [0.717, 1.165) is 25.9 Å². The summed E-state index contributed by atoms with van der Waals surface area (Å²) in [7, 11) is 0. The van der Waals surface area contributed by atoms with Gasteiger partial charge < -0.3 is 14.8 Å². The van der Waals surface area contributed by atoms with Crippen LogP contribution in [0.4, 0.5) is 4.39 Å². The van der Waals surface area contributed by atoms with E-state index in [0.29, 0.717) is 30.3 Å². The highest BCUT2D eigenvalue weighted by atomic mass is 35.5. The summed E-state index contributed by atoms with van der Waals surface area (Å²) in [5.41, 5.74) is 0.596. The molecule has 5 heteroatoms. The van der Waals surface area contributed by atoms with Crippen molar-refractivity contribution in [3.63, 3.8) is 0 Å². The molecule has 0 atom stereocenters. The number of rotatable bonds is 1. The van der Waals surface area contributed by atoms with Crippen LogP contribution in [0.3, 0.4) is 0 Å². The molecule has 2 heterocycles. The first-order valence-corrected chi connectivity index (χ1v) is 6.63. The van der Waals surface area contributed by atoms with Crippen molar-refractivity contribution < 1.29 is 13.9 Å². The number of ether oxygens (including phenoxy) is 2. The lowest BCUT2D eigenvalue weighted by Crippen LogP contribution is -2.28. The van der Waals surface area contributed by atoms with Crippen molar-refractivity contribution in [3.05, 3.63) is 22.5 Å². The van der Waals surface area contributed by atoms with Crippen LogP contribution in [0.25, 0.3) is 0 Å². The van der Waals surface area contributed by atoms with E-state index in [1.165, 1.54) is 6.07 Å². The van der Waals surface area contributed by atoms with Gasteiger partial charge in [0.15, 0.2) is 11.5 Å². The van der Waals surface area contributed by atoms with Crippen LogP contribution in [0.1, 0.15) is 24.3 Å². The van der Waals surface area contributed by atoms with E-state index in [1.807, 2.05) is 0 Å². The maximum Gasteiger partial charge on any atom is 0.167 e. The van der Waals surface area contributed by atoms with Gasteiger partial charge in [-0.15, -0.1) is 0 Å².